The molecule has 0 atom stereocenters. The van der Waals surface area contributed by atoms with Gasteiger partial charge in [0.2, 0.25) is 0 Å². The first-order valence-corrected chi connectivity index (χ1v) is 19.4. The van der Waals surface area contributed by atoms with Crippen molar-refractivity contribution in [1.82, 2.24) is 4.98 Å². The quantitative estimate of drug-likeness (QED) is 0.164. The average molecular weight is 713 g/mol. The van der Waals surface area contributed by atoms with E-state index in [4.69, 9.17) is 4.98 Å². The molecule has 53 heavy (non-hydrogen) atoms. The first-order valence-electron chi connectivity index (χ1n) is 17.8. The van der Waals surface area contributed by atoms with Crippen molar-refractivity contribution in [3.8, 4) is 44.0 Å². The highest BCUT2D eigenvalue weighted by molar-refractivity contribution is 7.28. The van der Waals surface area contributed by atoms with Crippen LogP contribution in [-0.4, -0.2) is 4.98 Å². The van der Waals surface area contributed by atoms with Crippen molar-refractivity contribution in [1.29, 1.82) is 0 Å². The lowest BCUT2D eigenvalue weighted by atomic mass is 10.00. The zero-order chi connectivity index (χ0) is 35.1. The number of para-hydroxylation sites is 1. The molecule has 250 valence electrons. The van der Waals surface area contributed by atoms with Crippen LogP contribution in [-0.2, 0) is 0 Å². The first kappa shape index (κ1) is 31.4. The van der Waals surface area contributed by atoms with E-state index in [2.05, 4.69) is 199 Å². The van der Waals surface area contributed by atoms with E-state index in [1.165, 1.54) is 58.3 Å². The molecular weight excluding hydrogens is 681 g/mol. The van der Waals surface area contributed by atoms with Crippen LogP contribution in [0.15, 0.2) is 194 Å². The summed E-state index contributed by atoms with van der Waals surface area (Å²) in [6, 6.07) is 69.7. The van der Waals surface area contributed by atoms with Gasteiger partial charge in [-0.15, -0.1) is 22.7 Å². The van der Waals surface area contributed by atoms with Crippen LogP contribution in [0.1, 0.15) is 0 Å². The van der Waals surface area contributed by atoms with Crippen LogP contribution >= 0.6 is 22.7 Å². The Bertz CT molecular complexity index is 2860. The molecule has 10 rings (SSSR count). The summed E-state index contributed by atoms with van der Waals surface area (Å²) in [5, 5.41) is 3.66. The number of hydrogen-bond donors (Lipinski definition) is 0. The van der Waals surface area contributed by atoms with Gasteiger partial charge in [-0.25, -0.2) is 4.98 Å². The number of rotatable bonds is 7. The number of anilines is 3. The third-order valence-corrected chi connectivity index (χ3v) is 12.2. The summed E-state index contributed by atoms with van der Waals surface area (Å²) < 4.78 is 3.85. The molecular formula is C49H32N2S2. The molecule has 2 heterocycles. The lowest BCUT2D eigenvalue weighted by Crippen LogP contribution is -2.11. The van der Waals surface area contributed by atoms with Crippen molar-refractivity contribution < 1.29 is 0 Å². The topological polar surface area (TPSA) is 16.1 Å². The van der Waals surface area contributed by atoms with Crippen molar-refractivity contribution in [3.05, 3.63) is 194 Å². The Morgan fingerprint density at radius 3 is 1.60 bits per heavy atom. The van der Waals surface area contributed by atoms with Crippen LogP contribution in [0.5, 0.6) is 0 Å². The van der Waals surface area contributed by atoms with Gasteiger partial charge in [0.25, 0.3) is 0 Å². The SMILES string of the molecule is c1ccc(-c2ccc(N(c3ccc(-c4ccc5sc6ccc7nc(-c8ccccc8)sc7c6c5c4)cc3)c3ccccc3-c3ccccc3)cc2)cc1. The second-order valence-electron chi connectivity index (χ2n) is 13.2. The fourth-order valence-electron chi connectivity index (χ4n) is 7.32. The normalized spacial score (nSPS) is 11.4. The van der Waals surface area contributed by atoms with Crippen LogP contribution in [0, 0.1) is 0 Å². The molecule has 0 saturated heterocycles. The Kier molecular flexibility index (Phi) is 7.90. The van der Waals surface area contributed by atoms with Gasteiger partial charge in [0, 0.05) is 42.7 Å². The van der Waals surface area contributed by atoms with E-state index in [9.17, 15) is 0 Å². The fourth-order valence-corrected chi connectivity index (χ4v) is 9.61. The molecule has 0 amide bonds. The third-order valence-electron chi connectivity index (χ3n) is 9.93. The number of hydrogen-bond acceptors (Lipinski definition) is 4. The minimum atomic E-state index is 1.06. The standard InChI is InChI=1S/C49H32N2S2/c1-4-12-33(13-5-1)34-20-25-39(26-21-34)51(44-19-11-10-18-41(44)36-14-6-2-7-15-36)40-27-22-35(23-28-40)38-24-30-45-42(32-38)47-46(52-45)31-29-43-48(47)53-49(50-43)37-16-8-3-9-17-37/h1-32H. The molecule has 0 spiro atoms. The highest BCUT2D eigenvalue weighted by atomic mass is 32.1. The van der Waals surface area contributed by atoms with Crippen LogP contribution in [0.4, 0.5) is 17.1 Å². The molecule has 0 aliphatic heterocycles. The van der Waals surface area contributed by atoms with Gasteiger partial charge < -0.3 is 4.90 Å². The third kappa shape index (κ3) is 5.79. The van der Waals surface area contributed by atoms with E-state index < -0.39 is 0 Å². The van der Waals surface area contributed by atoms with E-state index in [1.54, 1.807) is 11.3 Å². The number of aromatic nitrogens is 1. The van der Waals surface area contributed by atoms with Gasteiger partial charge in [0.05, 0.1) is 15.9 Å². The molecule has 2 nitrogen and oxygen atoms in total. The van der Waals surface area contributed by atoms with Crippen LogP contribution in [0.25, 0.3) is 74.3 Å². The van der Waals surface area contributed by atoms with E-state index in [0.29, 0.717) is 0 Å². The van der Waals surface area contributed by atoms with Crippen molar-refractivity contribution in [2.45, 2.75) is 0 Å². The summed E-state index contributed by atoms with van der Waals surface area (Å²) in [7, 11) is 0. The lowest BCUT2D eigenvalue weighted by molar-refractivity contribution is 1.28. The van der Waals surface area contributed by atoms with Gasteiger partial charge in [0.15, 0.2) is 0 Å². The maximum Gasteiger partial charge on any atom is 0.124 e. The smallest absolute Gasteiger partial charge is 0.124 e. The molecule has 0 bridgehead atoms. The maximum absolute atomic E-state index is 5.04. The van der Waals surface area contributed by atoms with Gasteiger partial charge >= 0.3 is 0 Å². The summed E-state index contributed by atoms with van der Waals surface area (Å²) in [6.45, 7) is 0. The second-order valence-corrected chi connectivity index (χ2v) is 15.2. The summed E-state index contributed by atoms with van der Waals surface area (Å²) in [4.78, 5) is 7.42. The molecule has 0 fully saturated rings. The molecule has 4 heteroatoms. The molecule has 0 aliphatic carbocycles. The Morgan fingerprint density at radius 2 is 0.925 bits per heavy atom. The largest absolute Gasteiger partial charge is 0.310 e. The zero-order valence-electron chi connectivity index (χ0n) is 28.7. The lowest BCUT2D eigenvalue weighted by Gasteiger charge is -2.28. The molecule has 0 saturated carbocycles. The number of fused-ring (bicyclic) bond motifs is 5. The highest BCUT2D eigenvalue weighted by Crippen LogP contribution is 2.45. The van der Waals surface area contributed by atoms with E-state index in [1.807, 2.05) is 11.3 Å². The average Bonchev–Trinajstić information content (AvgIpc) is 3.84. The van der Waals surface area contributed by atoms with Gasteiger partial charge in [0.1, 0.15) is 5.01 Å². The predicted molar refractivity (Wildman–Crippen MR) is 229 cm³/mol. The number of thiazole rings is 1. The van der Waals surface area contributed by atoms with E-state index >= 15 is 0 Å². The number of nitrogens with zero attached hydrogens (tertiary/aromatic N) is 2. The Hall–Kier alpha value is -6.33. The van der Waals surface area contributed by atoms with E-state index in [-0.39, 0.29) is 0 Å². The Labute approximate surface area is 316 Å². The molecule has 0 N–H and O–H groups in total. The molecule has 0 radical (unpaired) electrons. The van der Waals surface area contributed by atoms with Crippen LogP contribution in [0.2, 0.25) is 0 Å². The molecule has 0 aliphatic rings. The minimum absolute atomic E-state index is 1.06. The molecule has 0 unspecified atom stereocenters. The van der Waals surface area contributed by atoms with Gasteiger partial charge in [-0.05, 0) is 82.4 Å². The second kappa shape index (κ2) is 13.3. The van der Waals surface area contributed by atoms with Gasteiger partial charge in [-0.1, -0.05) is 140 Å². The molecule has 10 aromatic rings. The monoisotopic (exact) mass is 712 g/mol. The molecule has 8 aromatic carbocycles. The fraction of sp³-hybridized carbons (Fsp3) is 0. The Morgan fingerprint density at radius 1 is 0.396 bits per heavy atom. The summed E-state index contributed by atoms with van der Waals surface area (Å²) in [5.74, 6) is 0. The highest BCUT2D eigenvalue weighted by Gasteiger charge is 2.18. The Balaban J connectivity index is 1.06. The van der Waals surface area contributed by atoms with Crippen LogP contribution < -0.4 is 4.90 Å². The van der Waals surface area contributed by atoms with Crippen molar-refractivity contribution >= 4 is 70.1 Å². The zero-order valence-corrected chi connectivity index (χ0v) is 30.3. The number of thiophene rings is 1. The predicted octanol–water partition coefficient (Wildman–Crippen LogP) is 14.8. The maximum atomic E-state index is 5.04. The first-order chi connectivity index (χ1) is 26.3. The van der Waals surface area contributed by atoms with Crippen molar-refractivity contribution in [3.63, 3.8) is 0 Å². The summed E-state index contributed by atoms with van der Waals surface area (Å²) in [5.41, 5.74) is 12.7. The van der Waals surface area contributed by atoms with Crippen molar-refractivity contribution in [2.24, 2.45) is 0 Å². The minimum Gasteiger partial charge on any atom is -0.310 e. The number of benzene rings is 8. The summed E-state index contributed by atoms with van der Waals surface area (Å²) >= 11 is 3.65. The van der Waals surface area contributed by atoms with Gasteiger partial charge in [-0.3, -0.25) is 0 Å². The van der Waals surface area contributed by atoms with Crippen LogP contribution in [0.3, 0.4) is 0 Å². The van der Waals surface area contributed by atoms with Crippen molar-refractivity contribution in [2.75, 3.05) is 4.90 Å². The van der Waals surface area contributed by atoms with Gasteiger partial charge in [-0.2, -0.15) is 0 Å². The summed E-state index contributed by atoms with van der Waals surface area (Å²) in [6.07, 6.45) is 0. The molecule has 2 aromatic heterocycles. The van der Waals surface area contributed by atoms with E-state index in [0.717, 1.165) is 33.1 Å².